The number of rotatable bonds is 14. The zero-order valence-corrected chi connectivity index (χ0v) is 27.1. The molecule has 7 heteroatoms. The van der Waals surface area contributed by atoms with Gasteiger partial charge in [-0.05, 0) is 65.4 Å². The van der Waals surface area contributed by atoms with Gasteiger partial charge in [0.05, 0.1) is 0 Å². The van der Waals surface area contributed by atoms with E-state index in [-0.39, 0.29) is 23.8 Å². The van der Waals surface area contributed by atoms with Gasteiger partial charge in [-0.1, -0.05) is 101 Å². The smallest absolute Gasteiger partial charge is 0.408 e. The lowest BCUT2D eigenvalue weighted by molar-refractivity contribution is -0.143. The number of nitrogens with one attached hydrogen (secondary N) is 2. The van der Waals surface area contributed by atoms with Crippen LogP contribution in [0.5, 0.6) is 0 Å². The van der Waals surface area contributed by atoms with E-state index in [0.717, 1.165) is 61.6 Å². The molecule has 0 spiro atoms. The Labute approximate surface area is 249 Å². The maximum atomic E-state index is 14.4. The lowest BCUT2D eigenvalue weighted by Gasteiger charge is -2.37. The Bertz CT molecular complexity index is 958. The van der Waals surface area contributed by atoms with E-state index >= 15 is 0 Å². The summed E-state index contributed by atoms with van der Waals surface area (Å²) < 4.78 is 5.51. The first-order valence-electron chi connectivity index (χ1n) is 16.0. The molecule has 2 atom stereocenters. The minimum atomic E-state index is -0.819. The molecule has 3 amide bonds. The first-order chi connectivity index (χ1) is 19.3. The van der Waals surface area contributed by atoms with Crippen LogP contribution < -0.4 is 10.6 Å². The molecule has 1 aromatic carbocycles. The lowest BCUT2D eigenvalue weighted by Crippen LogP contribution is -2.55. The van der Waals surface area contributed by atoms with Gasteiger partial charge in [-0.2, -0.15) is 0 Å². The SMILES string of the molecule is CCCCCCCCN(C(=O)C(NC(=O)OC(C)(C)C)C(C)C)C(C(=O)NC1CCCCC1)c1cc(C)cc(C)c1. The predicted octanol–water partition coefficient (Wildman–Crippen LogP) is 7.53. The summed E-state index contributed by atoms with van der Waals surface area (Å²) in [6.07, 6.45) is 11.1. The van der Waals surface area contributed by atoms with E-state index in [4.69, 9.17) is 4.74 Å². The van der Waals surface area contributed by atoms with Crippen molar-refractivity contribution in [3.63, 3.8) is 0 Å². The summed E-state index contributed by atoms with van der Waals surface area (Å²) in [4.78, 5) is 43.1. The summed E-state index contributed by atoms with van der Waals surface area (Å²) in [5.74, 6) is -0.577. The Balaban J connectivity index is 2.46. The van der Waals surface area contributed by atoms with Crippen molar-refractivity contribution in [1.29, 1.82) is 0 Å². The molecule has 232 valence electrons. The van der Waals surface area contributed by atoms with Gasteiger partial charge in [0.2, 0.25) is 11.8 Å². The van der Waals surface area contributed by atoms with Crippen LogP contribution in [0.3, 0.4) is 0 Å². The molecule has 0 heterocycles. The molecule has 7 nitrogen and oxygen atoms in total. The molecule has 0 aliphatic heterocycles. The Morgan fingerprint density at radius 1 is 0.927 bits per heavy atom. The van der Waals surface area contributed by atoms with Crippen LogP contribution in [0.25, 0.3) is 0 Å². The fraction of sp³-hybridized carbons (Fsp3) is 0.735. The van der Waals surface area contributed by atoms with Gasteiger partial charge < -0.3 is 20.3 Å². The number of carbonyl (C=O) groups excluding carboxylic acids is 3. The zero-order valence-electron chi connectivity index (χ0n) is 27.1. The number of amides is 3. The van der Waals surface area contributed by atoms with Crippen LogP contribution in [-0.4, -0.2) is 47.0 Å². The Morgan fingerprint density at radius 3 is 2.07 bits per heavy atom. The van der Waals surface area contributed by atoms with Gasteiger partial charge in [-0.3, -0.25) is 9.59 Å². The van der Waals surface area contributed by atoms with Crippen molar-refractivity contribution in [1.82, 2.24) is 15.5 Å². The normalized spacial score (nSPS) is 15.7. The fourth-order valence-electron chi connectivity index (χ4n) is 5.72. The van der Waals surface area contributed by atoms with Gasteiger partial charge in [-0.15, -0.1) is 0 Å². The number of unbranched alkanes of at least 4 members (excludes halogenated alkanes) is 5. The second kappa shape index (κ2) is 16.8. The van der Waals surface area contributed by atoms with E-state index in [1.165, 1.54) is 25.7 Å². The number of hydrogen-bond acceptors (Lipinski definition) is 4. The molecule has 41 heavy (non-hydrogen) atoms. The van der Waals surface area contributed by atoms with E-state index in [9.17, 15) is 14.4 Å². The Hall–Kier alpha value is -2.57. The van der Waals surface area contributed by atoms with Crippen LogP contribution >= 0.6 is 0 Å². The summed E-state index contributed by atoms with van der Waals surface area (Å²) in [5.41, 5.74) is 2.23. The second-order valence-corrected chi connectivity index (χ2v) is 13.3. The predicted molar refractivity (Wildman–Crippen MR) is 167 cm³/mol. The molecule has 0 bridgehead atoms. The molecule has 2 rings (SSSR count). The average molecular weight is 572 g/mol. The first-order valence-corrected chi connectivity index (χ1v) is 16.0. The highest BCUT2D eigenvalue weighted by Gasteiger charge is 2.38. The molecule has 1 saturated carbocycles. The van der Waals surface area contributed by atoms with Gasteiger partial charge in [0, 0.05) is 12.6 Å². The third-order valence-corrected chi connectivity index (χ3v) is 7.71. The molecular formula is C34H57N3O4. The van der Waals surface area contributed by atoms with E-state index in [1.807, 2.05) is 39.8 Å². The van der Waals surface area contributed by atoms with E-state index in [1.54, 1.807) is 25.7 Å². The van der Waals surface area contributed by atoms with Crippen LogP contribution in [0.4, 0.5) is 4.79 Å². The minimum Gasteiger partial charge on any atom is -0.444 e. The molecule has 0 radical (unpaired) electrons. The largest absolute Gasteiger partial charge is 0.444 e. The van der Waals surface area contributed by atoms with Crippen LogP contribution in [0.15, 0.2) is 18.2 Å². The van der Waals surface area contributed by atoms with Crippen molar-refractivity contribution in [2.24, 2.45) is 5.92 Å². The highest BCUT2D eigenvalue weighted by Crippen LogP contribution is 2.28. The number of hydrogen-bond donors (Lipinski definition) is 2. The van der Waals surface area contributed by atoms with Gasteiger partial charge in [-0.25, -0.2) is 4.79 Å². The van der Waals surface area contributed by atoms with Crippen molar-refractivity contribution in [2.45, 2.75) is 150 Å². The fourth-order valence-corrected chi connectivity index (χ4v) is 5.72. The Morgan fingerprint density at radius 2 is 1.51 bits per heavy atom. The van der Waals surface area contributed by atoms with E-state index in [2.05, 4.69) is 23.6 Å². The van der Waals surface area contributed by atoms with Gasteiger partial charge in [0.15, 0.2) is 0 Å². The number of ether oxygens (including phenoxy) is 1. The number of aryl methyl sites for hydroxylation is 2. The van der Waals surface area contributed by atoms with Crippen molar-refractivity contribution < 1.29 is 19.1 Å². The number of carbonyl (C=O) groups is 3. The molecule has 1 aliphatic carbocycles. The summed E-state index contributed by atoms with van der Waals surface area (Å²) in [7, 11) is 0. The quantitative estimate of drug-likeness (QED) is 0.226. The van der Waals surface area contributed by atoms with Crippen LogP contribution in [-0.2, 0) is 14.3 Å². The van der Waals surface area contributed by atoms with Gasteiger partial charge in [0.25, 0.3) is 0 Å². The minimum absolute atomic E-state index is 0.122. The van der Waals surface area contributed by atoms with Crippen molar-refractivity contribution >= 4 is 17.9 Å². The summed E-state index contributed by atoms with van der Waals surface area (Å²) in [5, 5.41) is 6.14. The van der Waals surface area contributed by atoms with Crippen LogP contribution in [0.1, 0.15) is 135 Å². The molecular weight excluding hydrogens is 514 g/mol. The average Bonchev–Trinajstić information content (AvgIpc) is 2.87. The van der Waals surface area contributed by atoms with Crippen LogP contribution in [0.2, 0.25) is 0 Å². The van der Waals surface area contributed by atoms with Crippen molar-refractivity contribution in [3.8, 4) is 0 Å². The van der Waals surface area contributed by atoms with E-state index in [0.29, 0.717) is 6.54 Å². The second-order valence-electron chi connectivity index (χ2n) is 13.3. The standard InChI is InChI=1S/C34H57N3O4/c1-9-10-11-12-13-17-20-37(32(39)29(24(2)3)36-33(40)41-34(6,7)8)30(27-22-25(4)21-26(5)23-27)31(38)35-28-18-15-14-16-19-28/h21-24,28-30H,9-20H2,1-8H3,(H,35,38)(H,36,40). The number of alkyl carbamates (subject to hydrolysis) is 1. The maximum Gasteiger partial charge on any atom is 0.408 e. The zero-order chi connectivity index (χ0) is 30.6. The van der Waals surface area contributed by atoms with Crippen LogP contribution in [0, 0.1) is 19.8 Å². The van der Waals surface area contributed by atoms with Crippen molar-refractivity contribution in [3.05, 3.63) is 34.9 Å². The first kappa shape index (κ1) is 34.6. The summed E-state index contributed by atoms with van der Waals surface area (Å²) >= 11 is 0. The molecule has 2 unspecified atom stereocenters. The molecule has 2 N–H and O–H groups in total. The molecule has 1 fully saturated rings. The number of nitrogens with zero attached hydrogens (tertiary/aromatic N) is 1. The molecule has 0 aromatic heterocycles. The van der Waals surface area contributed by atoms with Crippen molar-refractivity contribution in [2.75, 3.05) is 6.54 Å². The molecule has 1 aromatic rings. The van der Waals surface area contributed by atoms with Gasteiger partial charge in [0.1, 0.15) is 17.7 Å². The number of benzene rings is 1. The summed E-state index contributed by atoms with van der Waals surface area (Å²) in [6.45, 7) is 15.9. The Kier molecular flexibility index (Phi) is 14.2. The maximum absolute atomic E-state index is 14.4. The molecule has 0 saturated heterocycles. The van der Waals surface area contributed by atoms with Gasteiger partial charge >= 0.3 is 6.09 Å². The monoisotopic (exact) mass is 571 g/mol. The highest BCUT2D eigenvalue weighted by molar-refractivity contribution is 5.92. The third kappa shape index (κ3) is 12.1. The summed E-state index contributed by atoms with van der Waals surface area (Å²) in [6, 6.07) is 4.65. The lowest BCUT2D eigenvalue weighted by atomic mass is 9.93. The topological polar surface area (TPSA) is 87.7 Å². The highest BCUT2D eigenvalue weighted by atomic mass is 16.6. The third-order valence-electron chi connectivity index (χ3n) is 7.71. The molecule has 1 aliphatic rings. The van der Waals surface area contributed by atoms with E-state index < -0.39 is 23.8 Å².